The number of carbonyl (C=O) groups is 1. The smallest absolute Gasteiger partial charge is 0.226 e. The third-order valence-corrected chi connectivity index (χ3v) is 5.44. The average molecular weight is 327 g/mol. The molecule has 0 spiro atoms. The maximum atomic E-state index is 12.7. The van der Waals surface area contributed by atoms with Crippen molar-refractivity contribution in [2.75, 3.05) is 13.1 Å². The second kappa shape index (κ2) is 6.55. The molecule has 0 unspecified atom stereocenters. The first-order valence-electron chi connectivity index (χ1n) is 7.61. The maximum absolute atomic E-state index is 12.7. The highest BCUT2D eigenvalue weighted by molar-refractivity contribution is 6.42. The Morgan fingerprint density at radius 1 is 1.29 bits per heavy atom. The molecule has 5 heteroatoms. The highest BCUT2D eigenvalue weighted by Gasteiger charge is 2.34. The number of benzene rings is 1. The number of amides is 1. The monoisotopic (exact) mass is 326 g/mol. The molecular weight excluding hydrogens is 307 g/mol. The van der Waals surface area contributed by atoms with Crippen molar-refractivity contribution in [1.29, 1.82) is 0 Å². The van der Waals surface area contributed by atoms with Crippen LogP contribution in [0.2, 0.25) is 10.0 Å². The van der Waals surface area contributed by atoms with Crippen molar-refractivity contribution in [3.63, 3.8) is 0 Å². The lowest BCUT2D eigenvalue weighted by Crippen LogP contribution is -2.45. The first kappa shape index (κ1) is 15.1. The summed E-state index contributed by atoms with van der Waals surface area (Å²) in [6, 6.07) is 5.90. The summed E-state index contributed by atoms with van der Waals surface area (Å²) < 4.78 is 0. The molecule has 0 bridgehead atoms. The summed E-state index contributed by atoms with van der Waals surface area (Å²) in [5.74, 6) is 0.495. The van der Waals surface area contributed by atoms with Gasteiger partial charge in [0.2, 0.25) is 5.91 Å². The lowest BCUT2D eigenvalue weighted by Gasteiger charge is -2.35. The lowest BCUT2D eigenvalue weighted by molar-refractivity contribution is -0.141. The Kier molecular flexibility index (Phi) is 4.72. The van der Waals surface area contributed by atoms with Crippen LogP contribution in [0.3, 0.4) is 0 Å². The molecule has 2 aliphatic rings. The number of hydrogen-bond acceptors (Lipinski definition) is 2. The van der Waals surface area contributed by atoms with Crippen molar-refractivity contribution >= 4 is 29.1 Å². The number of halogens is 2. The van der Waals surface area contributed by atoms with Crippen LogP contribution in [-0.2, 0) is 11.3 Å². The summed E-state index contributed by atoms with van der Waals surface area (Å²) in [6.07, 6.45) is 4.24. The summed E-state index contributed by atoms with van der Waals surface area (Å²) in [5.41, 5.74) is 0.934. The standard InChI is InChI=1S/C16H20Cl2N2O/c17-14-6-2-5-12(15(14)18)10-20(13-7-8-19-9-13)16(21)11-3-1-4-11/h2,5-6,11,13,19H,1,3-4,7-10H2/t13-/m0/s1. The first-order chi connectivity index (χ1) is 10.2. The molecule has 1 saturated heterocycles. The third kappa shape index (κ3) is 3.20. The minimum Gasteiger partial charge on any atom is -0.334 e. The first-order valence-corrected chi connectivity index (χ1v) is 8.36. The van der Waals surface area contributed by atoms with Crippen LogP contribution >= 0.6 is 23.2 Å². The van der Waals surface area contributed by atoms with E-state index in [-0.39, 0.29) is 17.9 Å². The molecule has 1 aromatic rings. The van der Waals surface area contributed by atoms with E-state index in [1.807, 2.05) is 17.0 Å². The number of nitrogens with zero attached hydrogens (tertiary/aromatic N) is 1. The number of carbonyl (C=O) groups excluding carboxylic acids is 1. The van der Waals surface area contributed by atoms with E-state index in [9.17, 15) is 4.79 Å². The molecule has 1 saturated carbocycles. The van der Waals surface area contributed by atoms with Crippen LogP contribution in [0.5, 0.6) is 0 Å². The summed E-state index contributed by atoms with van der Waals surface area (Å²) in [4.78, 5) is 14.8. The SMILES string of the molecule is O=C(C1CCC1)N(Cc1cccc(Cl)c1Cl)[C@H]1CCNC1. The zero-order chi connectivity index (χ0) is 14.8. The fourth-order valence-corrected chi connectivity index (χ4v) is 3.42. The van der Waals surface area contributed by atoms with E-state index in [4.69, 9.17) is 23.2 Å². The normalized spacial score (nSPS) is 22.1. The van der Waals surface area contributed by atoms with Gasteiger partial charge in [0.15, 0.2) is 0 Å². The van der Waals surface area contributed by atoms with Crippen LogP contribution in [0.4, 0.5) is 0 Å². The van der Waals surface area contributed by atoms with Gasteiger partial charge in [0.1, 0.15) is 0 Å². The molecule has 114 valence electrons. The second-order valence-electron chi connectivity index (χ2n) is 5.95. The molecule has 1 aliphatic carbocycles. The Labute approximate surface area is 135 Å². The molecule has 21 heavy (non-hydrogen) atoms. The van der Waals surface area contributed by atoms with Crippen LogP contribution in [0.15, 0.2) is 18.2 Å². The Hall–Kier alpha value is -0.770. The Morgan fingerprint density at radius 2 is 2.10 bits per heavy atom. The van der Waals surface area contributed by atoms with Gasteiger partial charge in [0.25, 0.3) is 0 Å². The highest BCUT2D eigenvalue weighted by atomic mass is 35.5. The molecule has 1 N–H and O–H groups in total. The van der Waals surface area contributed by atoms with Crippen molar-refractivity contribution < 1.29 is 4.79 Å². The third-order valence-electron chi connectivity index (χ3n) is 4.58. The predicted octanol–water partition coefficient (Wildman–Crippen LogP) is 3.48. The molecule has 2 fully saturated rings. The summed E-state index contributed by atoms with van der Waals surface area (Å²) in [6.45, 7) is 2.40. The zero-order valence-corrected chi connectivity index (χ0v) is 13.5. The van der Waals surface area contributed by atoms with E-state index in [0.717, 1.165) is 37.9 Å². The molecule has 3 nitrogen and oxygen atoms in total. The van der Waals surface area contributed by atoms with Gasteiger partial charge in [-0.3, -0.25) is 4.79 Å². The fourth-order valence-electron chi connectivity index (χ4n) is 3.04. The molecule has 1 aliphatic heterocycles. The van der Waals surface area contributed by atoms with Gasteiger partial charge in [-0.05, 0) is 37.4 Å². The van der Waals surface area contributed by atoms with Crippen LogP contribution in [0.1, 0.15) is 31.2 Å². The minimum atomic E-state index is 0.212. The number of rotatable bonds is 4. The summed E-state index contributed by atoms with van der Waals surface area (Å²) >= 11 is 12.4. The maximum Gasteiger partial charge on any atom is 0.226 e. The van der Waals surface area contributed by atoms with E-state index < -0.39 is 0 Å². The Bertz CT molecular complexity index is 525. The van der Waals surface area contributed by atoms with Crippen molar-refractivity contribution in [1.82, 2.24) is 10.2 Å². The molecule has 1 aromatic carbocycles. The summed E-state index contributed by atoms with van der Waals surface area (Å²) in [7, 11) is 0. The van der Waals surface area contributed by atoms with Crippen molar-refractivity contribution in [3.05, 3.63) is 33.8 Å². The number of nitrogens with one attached hydrogen (secondary N) is 1. The zero-order valence-electron chi connectivity index (χ0n) is 11.9. The van der Waals surface area contributed by atoms with Gasteiger partial charge in [0.05, 0.1) is 10.0 Å². The minimum absolute atomic E-state index is 0.212. The van der Waals surface area contributed by atoms with Gasteiger partial charge in [-0.15, -0.1) is 0 Å². The predicted molar refractivity (Wildman–Crippen MR) is 85.6 cm³/mol. The topological polar surface area (TPSA) is 32.3 Å². The van der Waals surface area contributed by atoms with E-state index >= 15 is 0 Å². The summed E-state index contributed by atoms with van der Waals surface area (Å²) in [5, 5.41) is 4.46. The van der Waals surface area contributed by atoms with Crippen molar-refractivity contribution in [3.8, 4) is 0 Å². The van der Waals surface area contributed by atoms with E-state index in [0.29, 0.717) is 16.6 Å². The average Bonchev–Trinajstić information content (AvgIpc) is 2.92. The molecule has 0 radical (unpaired) electrons. The van der Waals surface area contributed by atoms with Gasteiger partial charge in [0, 0.05) is 25.0 Å². The molecule has 1 heterocycles. The Morgan fingerprint density at radius 3 is 2.71 bits per heavy atom. The molecule has 1 atom stereocenters. The highest BCUT2D eigenvalue weighted by Crippen LogP contribution is 2.32. The van der Waals surface area contributed by atoms with Crippen molar-refractivity contribution in [2.45, 2.75) is 38.3 Å². The lowest BCUT2D eigenvalue weighted by atomic mass is 9.84. The van der Waals surface area contributed by atoms with E-state index in [1.165, 1.54) is 6.42 Å². The van der Waals surface area contributed by atoms with Gasteiger partial charge >= 0.3 is 0 Å². The largest absolute Gasteiger partial charge is 0.334 e. The van der Waals surface area contributed by atoms with Gasteiger partial charge in [-0.1, -0.05) is 41.8 Å². The molecule has 0 aromatic heterocycles. The fraction of sp³-hybridized carbons (Fsp3) is 0.562. The van der Waals surface area contributed by atoms with Crippen LogP contribution in [-0.4, -0.2) is 29.9 Å². The van der Waals surface area contributed by atoms with E-state index in [2.05, 4.69) is 5.32 Å². The van der Waals surface area contributed by atoms with Crippen LogP contribution in [0.25, 0.3) is 0 Å². The molecule has 1 amide bonds. The quantitative estimate of drug-likeness (QED) is 0.918. The van der Waals surface area contributed by atoms with Crippen LogP contribution < -0.4 is 5.32 Å². The number of hydrogen-bond donors (Lipinski definition) is 1. The second-order valence-corrected chi connectivity index (χ2v) is 6.74. The molecule has 3 rings (SSSR count). The Balaban J connectivity index is 1.80. The van der Waals surface area contributed by atoms with Crippen molar-refractivity contribution in [2.24, 2.45) is 5.92 Å². The van der Waals surface area contributed by atoms with Gasteiger partial charge in [-0.2, -0.15) is 0 Å². The van der Waals surface area contributed by atoms with Gasteiger partial charge in [-0.25, -0.2) is 0 Å². The van der Waals surface area contributed by atoms with E-state index in [1.54, 1.807) is 6.07 Å². The molecular formula is C16H20Cl2N2O. The van der Waals surface area contributed by atoms with Crippen LogP contribution in [0, 0.1) is 5.92 Å². The van der Waals surface area contributed by atoms with Gasteiger partial charge < -0.3 is 10.2 Å².